The molecule has 2 N–H and O–H groups in total. The molecule has 1 heterocycles. The van der Waals surface area contributed by atoms with E-state index in [-0.39, 0.29) is 18.7 Å². The number of ether oxygens (including phenoxy) is 1. The Balaban J connectivity index is 2.37. The number of hydrogen-bond donors (Lipinski definition) is 2. The Morgan fingerprint density at radius 1 is 1.53 bits per heavy atom. The largest absolute Gasteiger partial charge is 0.396 e. The van der Waals surface area contributed by atoms with E-state index in [0.717, 1.165) is 12.8 Å². The Kier molecular flexibility index (Phi) is 7.16. The minimum Gasteiger partial charge on any atom is -0.396 e. The van der Waals surface area contributed by atoms with E-state index < -0.39 is 0 Å². The molecule has 0 aromatic carbocycles. The number of nitrogens with one attached hydrogen (secondary N) is 1. The van der Waals surface area contributed by atoms with E-state index in [2.05, 4.69) is 19.2 Å². The maximum Gasteiger partial charge on any atom is 0.317 e. The molecule has 1 rings (SSSR count). The summed E-state index contributed by atoms with van der Waals surface area (Å²) in [7, 11) is 0. The van der Waals surface area contributed by atoms with Crippen LogP contribution in [0.25, 0.3) is 0 Å². The zero-order valence-corrected chi connectivity index (χ0v) is 12.4. The number of morpholine rings is 1. The lowest BCUT2D eigenvalue weighted by atomic mass is 9.94. The quantitative estimate of drug-likeness (QED) is 0.769. The summed E-state index contributed by atoms with van der Waals surface area (Å²) >= 11 is 0. The highest BCUT2D eigenvalue weighted by Gasteiger charge is 2.24. The average Bonchev–Trinajstić information content (AvgIpc) is 2.36. The van der Waals surface area contributed by atoms with Gasteiger partial charge in [-0.3, -0.25) is 0 Å². The second-order valence-corrected chi connectivity index (χ2v) is 5.81. The van der Waals surface area contributed by atoms with Crippen LogP contribution < -0.4 is 5.32 Å². The molecule has 0 aromatic heterocycles. The van der Waals surface area contributed by atoms with E-state index in [1.54, 1.807) is 0 Å². The predicted molar refractivity (Wildman–Crippen MR) is 75.0 cm³/mol. The fraction of sp³-hybridized carbons (Fsp3) is 0.929. The standard InChI is InChI=1S/C14H28N2O3/c1-11(2)8-13(4-6-17)9-15-14(18)16-5-7-19-10-12(16)3/h11-13,17H,4-10H2,1-3H3,(H,15,18)/t12-,13-/m0/s1. The van der Waals surface area contributed by atoms with E-state index in [1.165, 1.54) is 0 Å². The van der Waals surface area contributed by atoms with Crippen molar-refractivity contribution in [1.29, 1.82) is 0 Å². The first-order chi connectivity index (χ1) is 9.04. The van der Waals surface area contributed by atoms with Gasteiger partial charge in [0.25, 0.3) is 0 Å². The summed E-state index contributed by atoms with van der Waals surface area (Å²) in [5.74, 6) is 0.932. The normalized spacial score (nSPS) is 21.5. The molecule has 0 radical (unpaired) electrons. The molecule has 0 unspecified atom stereocenters. The molecule has 0 aliphatic carbocycles. The third kappa shape index (κ3) is 5.78. The molecule has 0 bridgehead atoms. The minimum atomic E-state index is -0.0116. The van der Waals surface area contributed by atoms with Gasteiger partial charge in [0.1, 0.15) is 0 Å². The van der Waals surface area contributed by atoms with E-state index in [0.29, 0.717) is 38.1 Å². The molecule has 2 atom stereocenters. The van der Waals surface area contributed by atoms with Gasteiger partial charge in [0.15, 0.2) is 0 Å². The summed E-state index contributed by atoms with van der Waals surface area (Å²) in [5.41, 5.74) is 0. The predicted octanol–water partition coefficient (Wildman–Crippen LogP) is 1.46. The molecule has 112 valence electrons. The number of aliphatic hydroxyl groups is 1. The summed E-state index contributed by atoms with van der Waals surface area (Å²) in [6, 6.07) is 0.123. The van der Waals surface area contributed by atoms with Crippen molar-refractivity contribution in [2.45, 2.75) is 39.7 Å². The van der Waals surface area contributed by atoms with E-state index in [4.69, 9.17) is 9.84 Å². The van der Waals surface area contributed by atoms with Crippen molar-refractivity contribution in [3.63, 3.8) is 0 Å². The van der Waals surface area contributed by atoms with Crippen LogP contribution in [-0.4, -0.2) is 55.0 Å². The first kappa shape index (κ1) is 16.2. The van der Waals surface area contributed by atoms with Crippen molar-refractivity contribution in [1.82, 2.24) is 10.2 Å². The van der Waals surface area contributed by atoms with E-state index in [1.807, 2.05) is 11.8 Å². The van der Waals surface area contributed by atoms with Gasteiger partial charge >= 0.3 is 6.03 Å². The van der Waals surface area contributed by atoms with Gasteiger partial charge in [0, 0.05) is 19.7 Å². The van der Waals surface area contributed by atoms with Crippen molar-refractivity contribution in [3.8, 4) is 0 Å². The lowest BCUT2D eigenvalue weighted by Gasteiger charge is -2.33. The van der Waals surface area contributed by atoms with Crippen LogP contribution in [0.3, 0.4) is 0 Å². The van der Waals surface area contributed by atoms with Gasteiger partial charge in [-0.05, 0) is 31.6 Å². The van der Waals surface area contributed by atoms with Gasteiger partial charge in [0.05, 0.1) is 19.3 Å². The van der Waals surface area contributed by atoms with E-state index in [9.17, 15) is 4.79 Å². The summed E-state index contributed by atoms with van der Waals surface area (Å²) in [6.07, 6.45) is 1.77. The van der Waals surface area contributed by atoms with E-state index >= 15 is 0 Å². The monoisotopic (exact) mass is 272 g/mol. The number of carbonyl (C=O) groups is 1. The summed E-state index contributed by atoms with van der Waals surface area (Å²) < 4.78 is 5.32. The van der Waals surface area contributed by atoms with Crippen LogP contribution in [0.5, 0.6) is 0 Å². The average molecular weight is 272 g/mol. The summed E-state index contributed by atoms with van der Waals surface area (Å²) in [6.45, 7) is 9.03. The lowest BCUT2D eigenvalue weighted by molar-refractivity contribution is 0.0187. The molecule has 5 heteroatoms. The van der Waals surface area contributed by atoms with Gasteiger partial charge in [-0.15, -0.1) is 0 Å². The van der Waals surface area contributed by atoms with Crippen LogP contribution in [0.1, 0.15) is 33.6 Å². The fourth-order valence-corrected chi connectivity index (χ4v) is 2.51. The maximum atomic E-state index is 12.1. The van der Waals surface area contributed by atoms with Gasteiger partial charge in [-0.2, -0.15) is 0 Å². The van der Waals surface area contributed by atoms with Gasteiger partial charge in [-0.25, -0.2) is 4.79 Å². The molecule has 0 aromatic rings. The minimum absolute atomic E-state index is 0.0116. The Bertz CT molecular complexity index is 271. The third-order valence-corrected chi connectivity index (χ3v) is 3.51. The highest BCUT2D eigenvalue weighted by atomic mass is 16.5. The highest BCUT2D eigenvalue weighted by molar-refractivity contribution is 5.74. The van der Waals surface area contributed by atoms with Crippen molar-refractivity contribution < 1.29 is 14.6 Å². The SMILES string of the molecule is CC(C)C[C@H](CCO)CNC(=O)N1CCOC[C@@H]1C. The van der Waals surface area contributed by atoms with Crippen LogP contribution in [0.4, 0.5) is 4.79 Å². The van der Waals surface area contributed by atoms with Crippen molar-refractivity contribution in [2.75, 3.05) is 32.9 Å². The molecular weight excluding hydrogens is 244 g/mol. The second-order valence-electron chi connectivity index (χ2n) is 5.81. The van der Waals surface area contributed by atoms with Gasteiger partial charge in [-0.1, -0.05) is 13.8 Å². The molecule has 1 saturated heterocycles. The molecular formula is C14H28N2O3. The number of aliphatic hydroxyl groups excluding tert-OH is 1. The van der Waals surface area contributed by atoms with Crippen molar-refractivity contribution in [2.24, 2.45) is 11.8 Å². The number of rotatable bonds is 6. The lowest BCUT2D eigenvalue weighted by Crippen LogP contribution is -2.52. The Hall–Kier alpha value is -0.810. The zero-order chi connectivity index (χ0) is 14.3. The Labute approximate surface area is 116 Å². The smallest absolute Gasteiger partial charge is 0.317 e. The molecule has 1 fully saturated rings. The fourth-order valence-electron chi connectivity index (χ4n) is 2.51. The Morgan fingerprint density at radius 2 is 2.26 bits per heavy atom. The Morgan fingerprint density at radius 3 is 2.84 bits per heavy atom. The summed E-state index contributed by atoms with van der Waals surface area (Å²) in [4.78, 5) is 13.9. The van der Waals surface area contributed by atoms with Crippen molar-refractivity contribution >= 4 is 6.03 Å². The molecule has 1 aliphatic rings. The number of urea groups is 1. The maximum absolute atomic E-state index is 12.1. The van der Waals surface area contributed by atoms with Crippen LogP contribution in [0.15, 0.2) is 0 Å². The highest BCUT2D eigenvalue weighted by Crippen LogP contribution is 2.14. The number of amides is 2. The van der Waals surface area contributed by atoms with Crippen LogP contribution in [0.2, 0.25) is 0 Å². The van der Waals surface area contributed by atoms with Crippen LogP contribution in [0, 0.1) is 11.8 Å². The molecule has 19 heavy (non-hydrogen) atoms. The molecule has 0 spiro atoms. The first-order valence-corrected chi connectivity index (χ1v) is 7.27. The molecule has 0 saturated carbocycles. The van der Waals surface area contributed by atoms with Crippen LogP contribution >= 0.6 is 0 Å². The van der Waals surface area contributed by atoms with Crippen LogP contribution in [-0.2, 0) is 4.74 Å². The number of hydrogen-bond acceptors (Lipinski definition) is 3. The van der Waals surface area contributed by atoms with Gasteiger partial charge < -0.3 is 20.1 Å². The molecule has 1 aliphatic heterocycles. The molecule has 2 amide bonds. The third-order valence-electron chi connectivity index (χ3n) is 3.51. The van der Waals surface area contributed by atoms with Gasteiger partial charge in [0.2, 0.25) is 0 Å². The zero-order valence-electron chi connectivity index (χ0n) is 12.4. The topological polar surface area (TPSA) is 61.8 Å². The molecule has 5 nitrogen and oxygen atoms in total. The van der Waals surface area contributed by atoms with Crippen molar-refractivity contribution in [3.05, 3.63) is 0 Å². The first-order valence-electron chi connectivity index (χ1n) is 7.27. The number of nitrogens with zero attached hydrogens (tertiary/aromatic N) is 1. The second kappa shape index (κ2) is 8.38. The number of carbonyl (C=O) groups excluding carboxylic acids is 1. The summed E-state index contributed by atoms with van der Waals surface area (Å²) in [5, 5.41) is 12.1.